The highest BCUT2D eigenvalue weighted by Crippen LogP contribution is 2.24. The molecule has 2 aliphatic carbocycles. The quantitative estimate of drug-likeness (QED) is 0.489. The van der Waals surface area contributed by atoms with Crippen molar-refractivity contribution in [3.8, 4) is 0 Å². The fourth-order valence-corrected chi connectivity index (χ4v) is 7.35. The summed E-state index contributed by atoms with van der Waals surface area (Å²) in [5.74, 6) is -0.337. The molecule has 0 aliphatic heterocycles. The van der Waals surface area contributed by atoms with Gasteiger partial charge in [-0.2, -0.15) is 0 Å². The van der Waals surface area contributed by atoms with E-state index in [-0.39, 0.29) is 36.4 Å². The minimum atomic E-state index is -3.26. The highest BCUT2D eigenvalue weighted by molar-refractivity contribution is 7.92. The molecule has 0 saturated heterocycles. The first-order valence-electron chi connectivity index (χ1n) is 13.3. The van der Waals surface area contributed by atoms with Crippen LogP contribution in [0.15, 0.2) is 45.5 Å². The van der Waals surface area contributed by atoms with Gasteiger partial charge in [0.1, 0.15) is 6.54 Å². The van der Waals surface area contributed by atoms with E-state index >= 15 is 0 Å². The van der Waals surface area contributed by atoms with Crippen molar-refractivity contribution < 1.29 is 13.2 Å². The smallest absolute Gasteiger partial charge is 0.331 e. The number of benzene rings is 1. The van der Waals surface area contributed by atoms with Gasteiger partial charge in [-0.05, 0) is 63.5 Å². The first-order chi connectivity index (χ1) is 17.4. The number of hydrogen-bond acceptors (Lipinski definition) is 5. The molecule has 0 spiro atoms. The molecule has 1 N–H and O–H groups in total. The molecule has 0 bridgehead atoms. The van der Waals surface area contributed by atoms with E-state index < -0.39 is 21.1 Å². The Morgan fingerprint density at radius 1 is 1.00 bits per heavy atom. The van der Waals surface area contributed by atoms with E-state index in [1.807, 2.05) is 0 Å². The Kier molecular flexibility index (Phi) is 8.82. The summed E-state index contributed by atoms with van der Waals surface area (Å²) >= 11 is 0. The van der Waals surface area contributed by atoms with Gasteiger partial charge in [-0.15, -0.1) is 0 Å². The number of hydrogen-bond donors (Lipinski definition) is 1. The molecule has 0 atom stereocenters. The number of nitrogens with zero attached hydrogens (tertiary/aromatic N) is 2. The standard InChI is InChI=1S/C27H37N3O5S/c31-25(28-17-16-21-10-3-1-4-11-21)20-30-24-15-8-7-14-23(24)26(32)29(27(30)33)18-9-19-36(34,35)22-12-5-2-6-13-22/h7-8,10,14-15,22H,1-6,9,11-13,16-20H2,(H,28,31). The van der Waals surface area contributed by atoms with Crippen LogP contribution >= 0.6 is 0 Å². The number of amides is 1. The number of allylic oxidation sites excluding steroid dienone is 1. The van der Waals surface area contributed by atoms with Gasteiger partial charge in [0.2, 0.25) is 5.91 Å². The number of carbonyl (C=O) groups is 1. The SMILES string of the molecule is O=C(Cn1c(=O)n(CCCS(=O)(=O)C2CCCCC2)c(=O)c2ccccc21)NCCC1=CCCCC1. The monoisotopic (exact) mass is 515 g/mol. The normalized spacial score (nSPS) is 17.2. The maximum Gasteiger partial charge on any atom is 0.331 e. The fourth-order valence-electron chi connectivity index (χ4n) is 5.43. The third kappa shape index (κ3) is 6.35. The van der Waals surface area contributed by atoms with Crippen LogP contribution in [0, 0.1) is 0 Å². The number of carbonyl (C=O) groups excluding carboxylic acids is 1. The Morgan fingerprint density at radius 2 is 1.78 bits per heavy atom. The zero-order valence-corrected chi connectivity index (χ0v) is 21.7. The molecule has 0 unspecified atom stereocenters. The highest BCUT2D eigenvalue weighted by atomic mass is 32.2. The fraction of sp³-hybridized carbons (Fsp3) is 0.593. The Labute approximate surface area is 212 Å². The molecular weight excluding hydrogens is 478 g/mol. The molecule has 2 aliphatic rings. The van der Waals surface area contributed by atoms with Gasteiger partial charge in [0.25, 0.3) is 5.56 Å². The van der Waals surface area contributed by atoms with E-state index in [4.69, 9.17) is 0 Å². The average molecular weight is 516 g/mol. The van der Waals surface area contributed by atoms with Crippen molar-refractivity contribution in [2.75, 3.05) is 12.3 Å². The minimum Gasteiger partial charge on any atom is -0.354 e. The molecule has 0 radical (unpaired) electrons. The second-order valence-electron chi connectivity index (χ2n) is 10.0. The van der Waals surface area contributed by atoms with Gasteiger partial charge >= 0.3 is 5.69 Å². The lowest BCUT2D eigenvalue weighted by Gasteiger charge is -2.21. The van der Waals surface area contributed by atoms with Gasteiger partial charge in [0.05, 0.1) is 21.9 Å². The number of fused-ring (bicyclic) bond motifs is 1. The van der Waals surface area contributed by atoms with Crippen molar-refractivity contribution in [2.24, 2.45) is 0 Å². The average Bonchev–Trinajstić information content (AvgIpc) is 2.89. The van der Waals surface area contributed by atoms with Crippen LogP contribution < -0.4 is 16.6 Å². The lowest BCUT2D eigenvalue weighted by atomic mass is 9.97. The number of nitrogens with one attached hydrogen (secondary N) is 1. The summed E-state index contributed by atoms with van der Waals surface area (Å²) in [4.78, 5) is 39.1. The highest BCUT2D eigenvalue weighted by Gasteiger charge is 2.27. The van der Waals surface area contributed by atoms with Crippen LogP contribution in [-0.2, 0) is 27.7 Å². The summed E-state index contributed by atoms with van der Waals surface area (Å²) in [5, 5.41) is 2.92. The summed E-state index contributed by atoms with van der Waals surface area (Å²) < 4.78 is 27.9. The van der Waals surface area contributed by atoms with Crippen molar-refractivity contribution in [3.63, 3.8) is 0 Å². The van der Waals surface area contributed by atoms with Crippen LogP contribution in [-0.4, -0.2) is 41.0 Å². The number of para-hydroxylation sites is 1. The molecule has 4 rings (SSSR count). The van der Waals surface area contributed by atoms with Gasteiger partial charge in [-0.25, -0.2) is 13.2 Å². The van der Waals surface area contributed by atoms with Gasteiger partial charge in [-0.3, -0.25) is 18.7 Å². The van der Waals surface area contributed by atoms with Crippen molar-refractivity contribution in [3.05, 3.63) is 56.8 Å². The van der Waals surface area contributed by atoms with Crippen molar-refractivity contribution >= 4 is 26.6 Å². The topological polar surface area (TPSA) is 107 Å². The second-order valence-corrected chi connectivity index (χ2v) is 12.4. The molecule has 196 valence electrons. The van der Waals surface area contributed by atoms with E-state index in [0.29, 0.717) is 30.3 Å². The van der Waals surface area contributed by atoms with Crippen LogP contribution in [0.25, 0.3) is 10.9 Å². The zero-order chi connectivity index (χ0) is 25.5. The Hall–Kier alpha value is -2.68. The van der Waals surface area contributed by atoms with Gasteiger partial charge in [-0.1, -0.05) is 43.0 Å². The molecule has 1 aromatic heterocycles. The van der Waals surface area contributed by atoms with E-state index in [1.54, 1.807) is 24.3 Å². The lowest BCUT2D eigenvalue weighted by Crippen LogP contribution is -2.43. The summed E-state index contributed by atoms with van der Waals surface area (Å²) in [6.45, 7) is 0.319. The van der Waals surface area contributed by atoms with Crippen LogP contribution in [0.1, 0.15) is 70.6 Å². The Bertz CT molecular complexity index is 1330. The van der Waals surface area contributed by atoms with E-state index in [2.05, 4.69) is 11.4 Å². The van der Waals surface area contributed by atoms with Crippen LogP contribution in [0.5, 0.6) is 0 Å². The third-order valence-electron chi connectivity index (χ3n) is 7.46. The third-order valence-corrected chi connectivity index (χ3v) is 9.80. The largest absolute Gasteiger partial charge is 0.354 e. The lowest BCUT2D eigenvalue weighted by molar-refractivity contribution is -0.121. The van der Waals surface area contributed by atoms with Crippen molar-refractivity contribution in [2.45, 2.75) is 89.0 Å². The molecule has 36 heavy (non-hydrogen) atoms. The molecule has 1 amide bonds. The van der Waals surface area contributed by atoms with Crippen LogP contribution in [0.4, 0.5) is 0 Å². The number of sulfone groups is 1. The van der Waals surface area contributed by atoms with E-state index in [0.717, 1.165) is 43.1 Å². The maximum atomic E-state index is 13.3. The zero-order valence-electron chi connectivity index (χ0n) is 20.9. The predicted molar refractivity (Wildman–Crippen MR) is 142 cm³/mol. The molecular formula is C27H37N3O5S. The molecule has 8 nitrogen and oxygen atoms in total. The van der Waals surface area contributed by atoms with Gasteiger partial charge in [0.15, 0.2) is 9.84 Å². The van der Waals surface area contributed by atoms with Gasteiger partial charge < -0.3 is 5.32 Å². The second kappa shape index (κ2) is 12.0. The Morgan fingerprint density at radius 3 is 2.53 bits per heavy atom. The van der Waals surface area contributed by atoms with Crippen LogP contribution in [0.2, 0.25) is 0 Å². The van der Waals surface area contributed by atoms with Gasteiger partial charge in [0, 0.05) is 13.1 Å². The predicted octanol–water partition coefficient (Wildman–Crippen LogP) is 3.31. The van der Waals surface area contributed by atoms with Crippen LogP contribution in [0.3, 0.4) is 0 Å². The molecule has 9 heteroatoms. The summed E-state index contributed by atoms with van der Waals surface area (Å²) in [7, 11) is -3.26. The first-order valence-corrected chi connectivity index (χ1v) is 15.0. The van der Waals surface area contributed by atoms with E-state index in [1.165, 1.54) is 23.0 Å². The number of rotatable bonds is 10. The molecule has 1 heterocycles. The summed E-state index contributed by atoms with van der Waals surface area (Å²) in [5.41, 5.74) is 0.732. The molecule has 1 fully saturated rings. The minimum absolute atomic E-state index is 0.00419. The molecule has 2 aromatic rings. The molecule has 1 saturated carbocycles. The van der Waals surface area contributed by atoms with E-state index in [9.17, 15) is 22.8 Å². The maximum absolute atomic E-state index is 13.3. The molecule has 1 aromatic carbocycles. The Balaban J connectivity index is 1.47. The van der Waals surface area contributed by atoms with Crippen molar-refractivity contribution in [1.29, 1.82) is 0 Å². The first kappa shape index (κ1) is 26.4. The van der Waals surface area contributed by atoms with Crippen molar-refractivity contribution in [1.82, 2.24) is 14.5 Å². The number of aromatic nitrogens is 2. The summed E-state index contributed by atoms with van der Waals surface area (Å²) in [6, 6.07) is 6.74. The summed E-state index contributed by atoms with van der Waals surface area (Å²) in [6.07, 6.45) is 12.1.